The molecule has 184 valence electrons. The van der Waals surface area contributed by atoms with Gasteiger partial charge in [-0.1, -0.05) is 11.6 Å². The summed E-state index contributed by atoms with van der Waals surface area (Å²) in [5.41, 5.74) is 4.75. The molecular formula is C22H27ClF2N6O3. The lowest BCUT2D eigenvalue weighted by atomic mass is 9.97. The number of nitrogens with one attached hydrogen (secondary N) is 1. The molecule has 1 heterocycles. The van der Waals surface area contributed by atoms with Crippen LogP contribution in [-0.4, -0.2) is 51.6 Å². The Balaban J connectivity index is 1.92. The van der Waals surface area contributed by atoms with E-state index >= 15 is 4.39 Å². The minimum atomic E-state index is -1.81. The van der Waals surface area contributed by atoms with Crippen LogP contribution < -0.4 is 16.9 Å². The van der Waals surface area contributed by atoms with Gasteiger partial charge in [0, 0.05) is 49.3 Å². The normalized spacial score (nSPS) is 20.1. The smallest absolute Gasteiger partial charge is 0.252 e. The summed E-state index contributed by atoms with van der Waals surface area (Å²) >= 11 is 6.04. The molecule has 2 aromatic rings. The van der Waals surface area contributed by atoms with Crippen molar-refractivity contribution in [1.29, 1.82) is 0 Å². The third-order valence-electron chi connectivity index (χ3n) is 5.96. The predicted octanol–water partition coefficient (Wildman–Crippen LogP) is 1.95. The molecule has 1 amide bonds. The van der Waals surface area contributed by atoms with E-state index in [1.54, 1.807) is 7.05 Å². The molecule has 0 saturated heterocycles. The number of nitrogens with two attached hydrogens (primary N) is 2. The highest BCUT2D eigenvalue weighted by atomic mass is 35.5. The SMILES string of the molecule is CC(NC(=O)C1(O)CCC(=O)C1)c1ncc(-c2cc(Cl)cc(F)c2C(N)N(C)N(C)N)cc1F. The first kappa shape index (κ1) is 26.1. The number of pyridine rings is 1. The van der Waals surface area contributed by atoms with Crippen molar-refractivity contribution in [3.05, 3.63) is 52.3 Å². The molecule has 1 aliphatic rings. The van der Waals surface area contributed by atoms with Crippen LogP contribution >= 0.6 is 11.6 Å². The molecule has 1 fully saturated rings. The van der Waals surface area contributed by atoms with Crippen molar-refractivity contribution < 1.29 is 23.5 Å². The number of aromatic nitrogens is 1. The van der Waals surface area contributed by atoms with E-state index in [0.29, 0.717) is 0 Å². The molecule has 0 spiro atoms. The second-order valence-electron chi connectivity index (χ2n) is 8.47. The maximum atomic E-state index is 15.1. The van der Waals surface area contributed by atoms with E-state index in [2.05, 4.69) is 10.3 Å². The molecule has 9 nitrogen and oxygen atoms in total. The van der Waals surface area contributed by atoms with Crippen LogP contribution in [0.1, 0.15) is 49.7 Å². The molecule has 12 heteroatoms. The number of nitrogens with zero attached hydrogens (tertiary/aromatic N) is 3. The summed E-state index contributed by atoms with van der Waals surface area (Å²) in [6, 6.07) is 2.76. The van der Waals surface area contributed by atoms with E-state index in [-0.39, 0.29) is 52.5 Å². The number of hydrogen-bond acceptors (Lipinski definition) is 8. The van der Waals surface area contributed by atoms with E-state index in [0.717, 1.165) is 12.1 Å². The van der Waals surface area contributed by atoms with Crippen molar-refractivity contribution in [2.24, 2.45) is 11.6 Å². The number of benzene rings is 1. The van der Waals surface area contributed by atoms with E-state index in [9.17, 15) is 19.1 Å². The number of carbonyl (C=O) groups is 2. The van der Waals surface area contributed by atoms with Gasteiger partial charge in [0.15, 0.2) is 0 Å². The number of halogens is 3. The van der Waals surface area contributed by atoms with Crippen molar-refractivity contribution in [1.82, 2.24) is 20.4 Å². The molecule has 1 aromatic carbocycles. The highest BCUT2D eigenvalue weighted by Crippen LogP contribution is 2.35. The van der Waals surface area contributed by atoms with Gasteiger partial charge in [0.1, 0.15) is 29.2 Å². The minimum absolute atomic E-state index is 0.00896. The van der Waals surface area contributed by atoms with E-state index in [1.165, 1.54) is 36.4 Å². The third-order valence-corrected chi connectivity index (χ3v) is 6.18. The second kappa shape index (κ2) is 9.98. The number of Topliss-reactive ketones (excluding diaryl/α,β-unsaturated/α-hetero) is 1. The number of ketones is 1. The van der Waals surface area contributed by atoms with Crippen LogP contribution in [0.5, 0.6) is 0 Å². The maximum Gasteiger partial charge on any atom is 0.252 e. The monoisotopic (exact) mass is 496 g/mol. The van der Waals surface area contributed by atoms with Gasteiger partial charge in [-0.15, -0.1) is 0 Å². The molecule has 34 heavy (non-hydrogen) atoms. The van der Waals surface area contributed by atoms with Crippen molar-refractivity contribution in [2.75, 3.05) is 14.1 Å². The van der Waals surface area contributed by atoms with Gasteiger partial charge in [-0.05, 0) is 37.1 Å². The highest BCUT2D eigenvalue weighted by Gasteiger charge is 2.43. The topological polar surface area (TPSA) is 138 Å². The molecule has 3 atom stereocenters. The van der Waals surface area contributed by atoms with Gasteiger partial charge in [0.25, 0.3) is 5.91 Å². The lowest BCUT2D eigenvalue weighted by Gasteiger charge is -2.31. The molecule has 1 saturated carbocycles. The van der Waals surface area contributed by atoms with E-state index in [1.807, 2.05) is 0 Å². The molecule has 0 aliphatic heterocycles. The van der Waals surface area contributed by atoms with E-state index in [4.69, 9.17) is 23.2 Å². The Morgan fingerprint density at radius 2 is 1.97 bits per heavy atom. The quantitative estimate of drug-likeness (QED) is 0.259. The van der Waals surface area contributed by atoms with Crippen LogP contribution in [0.25, 0.3) is 11.1 Å². The number of hydrazine groups is 2. The number of rotatable bonds is 7. The molecule has 1 aliphatic carbocycles. The summed E-state index contributed by atoms with van der Waals surface area (Å²) in [4.78, 5) is 28.1. The lowest BCUT2D eigenvalue weighted by Crippen LogP contribution is -2.47. The first-order valence-electron chi connectivity index (χ1n) is 10.5. The first-order valence-corrected chi connectivity index (χ1v) is 10.9. The summed E-state index contributed by atoms with van der Waals surface area (Å²) in [5.74, 6) is 3.25. The van der Waals surface area contributed by atoms with Crippen molar-refractivity contribution >= 4 is 23.3 Å². The Labute approximate surface area is 200 Å². The largest absolute Gasteiger partial charge is 0.380 e. The Hall–Kier alpha value is -2.54. The van der Waals surface area contributed by atoms with Gasteiger partial charge in [-0.3, -0.25) is 20.4 Å². The molecule has 3 unspecified atom stereocenters. The first-order chi connectivity index (χ1) is 15.8. The summed E-state index contributed by atoms with van der Waals surface area (Å²) in [6.45, 7) is 1.50. The molecular weight excluding hydrogens is 470 g/mol. The molecule has 3 rings (SSSR count). The van der Waals surface area contributed by atoms with Gasteiger partial charge < -0.3 is 16.2 Å². The van der Waals surface area contributed by atoms with Crippen LogP contribution in [0.4, 0.5) is 8.78 Å². The molecule has 1 aromatic heterocycles. The fourth-order valence-corrected chi connectivity index (χ4v) is 4.07. The van der Waals surface area contributed by atoms with Crippen LogP contribution in [-0.2, 0) is 9.59 Å². The number of aliphatic hydroxyl groups is 1. The van der Waals surface area contributed by atoms with Crippen LogP contribution in [0.3, 0.4) is 0 Å². The van der Waals surface area contributed by atoms with Gasteiger partial charge in [-0.2, -0.15) is 5.12 Å². The average molecular weight is 497 g/mol. The van der Waals surface area contributed by atoms with Gasteiger partial charge in [0.2, 0.25) is 0 Å². The zero-order valence-corrected chi connectivity index (χ0v) is 19.7. The van der Waals surface area contributed by atoms with Crippen LogP contribution in [0.2, 0.25) is 5.02 Å². The molecule has 6 N–H and O–H groups in total. The summed E-state index contributed by atoms with van der Waals surface area (Å²) in [6.07, 6.45) is 0.126. The van der Waals surface area contributed by atoms with Gasteiger partial charge in [0.05, 0.1) is 11.7 Å². The summed E-state index contributed by atoms with van der Waals surface area (Å²) in [7, 11) is 3.08. The zero-order chi connectivity index (χ0) is 25.4. The number of hydrogen-bond donors (Lipinski definition) is 4. The van der Waals surface area contributed by atoms with Gasteiger partial charge >= 0.3 is 0 Å². The van der Waals surface area contributed by atoms with E-state index < -0.39 is 35.4 Å². The maximum absolute atomic E-state index is 15.1. The molecule has 0 radical (unpaired) electrons. The molecule has 0 bridgehead atoms. The predicted molar refractivity (Wildman–Crippen MR) is 122 cm³/mol. The number of amides is 1. The Morgan fingerprint density at radius 1 is 1.29 bits per heavy atom. The fourth-order valence-electron chi connectivity index (χ4n) is 3.86. The van der Waals surface area contributed by atoms with Crippen molar-refractivity contribution in [2.45, 2.75) is 44.0 Å². The summed E-state index contributed by atoms with van der Waals surface area (Å²) < 4.78 is 29.9. The van der Waals surface area contributed by atoms with Crippen molar-refractivity contribution in [3.8, 4) is 11.1 Å². The second-order valence-corrected chi connectivity index (χ2v) is 8.91. The van der Waals surface area contributed by atoms with Crippen LogP contribution in [0.15, 0.2) is 24.4 Å². The van der Waals surface area contributed by atoms with Crippen molar-refractivity contribution in [3.63, 3.8) is 0 Å². The van der Waals surface area contributed by atoms with Gasteiger partial charge in [-0.25, -0.2) is 13.8 Å². The standard InChI is InChI=1S/C22H27ClF2N6O3/c1-11(29-21(33)22(34)5-4-14(32)9-22)19-17(25)6-12(10-28-19)15-7-13(23)8-16(24)18(15)20(26)30(2)31(3)27/h6-8,10-11,20,34H,4-5,9,26-27H2,1-3H3,(H,29,33). The Morgan fingerprint density at radius 3 is 2.53 bits per heavy atom. The number of carbonyl (C=O) groups excluding carboxylic acids is 2. The lowest BCUT2D eigenvalue weighted by molar-refractivity contribution is -0.141. The highest BCUT2D eigenvalue weighted by molar-refractivity contribution is 6.30. The minimum Gasteiger partial charge on any atom is -0.380 e. The Kier molecular flexibility index (Phi) is 7.65. The fraction of sp³-hybridized carbons (Fsp3) is 0.409. The average Bonchev–Trinajstić information content (AvgIpc) is 3.11. The van der Waals surface area contributed by atoms with Crippen LogP contribution in [0, 0.1) is 11.6 Å². The third kappa shape index (κ3) is 5.24. The zero-order valence-electron chi connectivity index (χ0n) is 19.0. The Bertz CT molecular complexity index is 1120. The summed E-state index contributed by atoms with van der Waals surface area (Å²) in [5, 5.41) is 15.5.